The minimum Gasteiger partial charge on any atom is -0.305 e. The van der Waals surface area contributed by atoms with Gasteiger partial charge in [0, 0.05) is 17.1 Å². The fourth-order valence-corrected chi connectivity index (χ4v) is 3.79. The smallest absolute Gasteiger partial charge is 0.275 e. The minimum atomic E-state index is -0.138. The summed E-state index contributed by atoms with van der Waals surface area (Å²) in [6, 6.07) is 0.312. The Balaban J connectivity index is 1.68. The molecule has 3 aromatic heterocycles. The number of carbonyl (C=O) groups is 1. The summed E-state index contributed by atoms with van der Waals surface area (Å²) < 4.78 is 3.79. The highest BCUT2D eigenvalue weighted by Gasteiger charge is 2.31. The molecule has 1 aliphatic carbocycles. The van der Waals surface area contributed by atoms with Gasteiger partial charge in [-0.1, -0.05) is 0 Å². The molecular formula is C16H19N5OS. The largest absolute Gasteiger partial charge is 0.305 e. The average molecular weight is 329 g/mol. The highest BCUT2D eigenvalue weighted by atomic mass is 32.1. The van der Waals surface area contributed by atoms with Gasteiger partial charge < -0.3 is 5.32 Å². The molecular weight excluding hydrogens is 310 g/mol. The second-order valence-corrected chi connectivity index (χ2v) is 7.13. The van der Waals surface area contributed by atoms with Crippen LogP contribution in [0.2, 0.25) is 0 Å². The first-order chi connectivity index (χ1) is 11.1. The van der Waals surface area contributed by atoms with Crippen LogP contribution in [0, 0.1) is 19.8 Å². The fourth-order valence-electron chi connectivity index (χ4n) is 3.03. The summed E-state index contributed by atoms with van der Waals surface area (Å²) in [6.45, 7) is 6.01. The van der Waals surface area contributed by atoms with E-state index in [4.69, 9.17) is 0 Å². The zero-order chi connectivity index (χ0) is 16.1. The molecule has 1 saturated carbocycles. The number of fused-ring (bicyclic) bond motifs is 1. The van der Waals surface area contributed by atoms with Crippen molar-refractivity contribution in [3.8, 4) is 0 Å². The van der Waals surface area contributed by atoms with E-state index < -0.39 is 0 Å². The topological polar surface area (TPSA) is 64.2 Å². The van der Waals surface area contributed by atoms with Crippen LogP contribution in [-0.2, 0) is 0 Å². The molecule has 1 amide bonds. The van der Waals surface area contributed by atoms with E-state index in [0.717, 1.165) is 22.0 Å². The van der Waals surface area contributed by atoms with E-state index in [0.29, 0.717) is 17.7 Å². The van der Waals surface area contributed by atoms with Gasteiger partial charge in [-0.25, -0.2) is 9.67 Å². The molecule has 0 saturated heterocycles. The van der Waals surface area contributed by atoms with E-state index in [1.54, 1.807) is 0 Å². The molecule has 120 valence electrons. The number of nitrogens with zero attached hydrogens (tertiary/aromatic N) is 4. The van der Waals surface area contributed by atoms with E-state index >= 15 is 0 Å². The third kappa shape index (κ3) is 2.35. The van der Waals surface area contributed by atoms with Crippen molar-refractivity contribution in [2.45, 2.75) is 39.7 Å². The molecule has 4 rings (SSSR count). The zero-order valence-corrected chi connectivity index (χ0v) is 14.2. The lowest BCUT2D eigenvalue weighted by atomic mass is 10.2. The number of anilines is 1. The first-order valence-electron chi connectivity index (χ1n) is 7.84. The van der Waals surface area contributed by atoms with Crippen molar-refractivity contribution in [2.75, 3.05) is 5.32 Å². The van der Waals surface area contributed by atoms with Gasteiger partial charge in [0.1, 0.15) is 11.5 Å². The van der Waals surface area contributed by atoms with Gasteiger partial charge in [0.05, 0.1) is 17.9 Å². The van der Waals surface area contributed by atoms with Gasteiger partial charge in [-0.2, -0.15) is 5.10 Å². The van der Waals surface area contributed by atoms with Crippen molar-refractivity contribution in [3.63, 3.8) is 0 Å². The number of aromatic nitrogens is 4. The molecule has 6 nitrogen and oxygen atoms in total. The van der Waals surface area contributed by atoms with Crippen LogP contribution in [0.25, 0.3) is 4.96 Å². The first kappa shape index (κ1) is 14.4. The standard InChI is InChI=1S/C16H19N5OS/c1-9-8-17-21(11(3)12-4-5-12)14(9)19-15(22)13-10(2)18-16-20(13)6-7-23-16/h6-8,11-12H,4-5H2,1-3H3,(H,19,22)/t11-/m0/s1. The molecule has 1 fully saturated rings. The van der Waals surface area contributed by atoms with Crippen LogP contribution < -0.4 is 5.32 Å². The Morgan fingerprint density at radius 2 is 2.22 bits per heavy atom. The van der Waals surface area contributed by atoms with E-state index in [1.807, 2.05) is 40.7 Å². The van der Waals surface area contributed by atoms with Gasteiger partial charge in [0.25, 0.3) is 5.91 Å². The third-order valence-corrected chi connectivity index (χ3v) is 5.31. The maximum absolute atomic E-state index is 12.8. The molecule has 23 heavy (non-hydrogen) atoms. The number of rotatable bonds is 4. The molecule has 0 aromatic carbocycles. The number of thiazole rings is 1. The molecule has 0 bridgehead atoms. The summed E-state index contributed by atoms with van der Waals surface area (Å²) in [5.74, 6) is 1.32. The Kier molecular flexibility index (Phi) is 3.26. The Morgan fingerprint density at radius 1 is 1.43 bits per heavy atom. The number of carbonyl (C=O) groups excluding carboxylic acids is 1. The number of amides is 1. The van der Waals surface area contributed by atoms with Gasteiger partial charge in [0.2, 0.25) is 0 Å². The second kappa shape index (κ2) is 5.19. The predicted octanol–water partition coefficient (Wildman–Crippen LogP) is 3.43. The van der Waals surface area contributed by atoms with Gasteiger partial charge in [-0.05, 0) is 39.5 Å². The normalized spacial score (nSPS) is 16.0. The number of nitrogens with one attached hydrogen (secondary N) is 1. The summed E-state index contributed by atoms with van der Waals surface area (Å²) in [4.78, 5) is 18.1. The zero-order valence-electron chi connectivity index (χ0n) is 13.4. The van der Waals surface area contributed by atoms with Crippen LogP contribution in [0.4, 0.5) is 5.82 Å². The number of aryl methyl sites for hydroxylation is 2. The van der Waals surface area contributed by atoms with E-state index in [-0.39, 0.29) is 5.91 Å². The molecule has 1 aliphatic rings. The highest BCUT2D eigenvalue weighted by molar-refractivity contribution is 7.15. The van der Waals surface area contributed by atoms with Crippen molar-refractivity contribution < 1.29 is 4.79 Å². The minimum absolute atomic E-state index is 0.138. The summed E-state index contributed by atoms with van der Waals surface area (Å²) in [5, 5.41) is 9.45. The molecule has 0 aliphatic heterocycles. The molecule has 3 heterocycles. The second-order valence-electron chi connectivity index (χ2n) is 6.25. The fraction of sp³-hybridized carbons (Fsp3) is 0.438. The lowest BCUT2D eigenvalue weighted by molar-refractivity contribution is 0.101. The summed E-state index contributed by atoms with van der Waals surface area (Å²) >= 11 is 1.53. The van der Waals surface area contributed by atoms with Gasteiger partial charge in [0.15, 0.2) is 4.96 Å². The van der Waals surface area contributed by atoms with E-state index in [1.165, 1.54) is 24.2 Å². The van der Waals surface area contributed by atoms with Crippen LogP contribution in [0.3, 0.4) is 0 Å². The average Bonchev–Trinajstić information content (AvgIpc) is 3.07. The van der Waals surface area contributed by atoms with Crippen LogP contribution in [0.15, 0.2) is 17.8 Å². The SMILES string of the molecule is Cc1cnn([C@@H](C)C2CC2)c1NC(=O)c1c(C)nc2sccn12. The maximum atomic E-state index is 12.8. The molecule has 0 unspecified atom stereocenters. The Morgan fingerprint density at radius 3 is 2.96 bits per heavy atom. The Bertz CT molecular complexity index is 886. The van der Waals surface area contributed by atoms with Crippen molar-refractivity contribution in [1.29, 1.82) is 0 Å². The third-order valence-electron chi connectivity index (χ3n) is 4.55. The number of hydrogen-bond acceptors (Lipinski definition) is 4. The van der Waals surface area contributed by atoms with Crippen LogP contribution in [0.5, 0.6) is 0 Å². The van der Waals surface area contributed by atoms with Crippen LogP contribution >= 0.6 is 11.3 Å². The lowest BCUT2D eigenvalue weighted by Crippen LogP contribution is -2.20. The monoisotopic (exact) mass is 329 g/mol. The maximum Gasteiger partial charge on any atom is 0.275 e. The quantitative estimate of drug-likeness (QED) is 0.797. The molecule has 3 aromatic rings. The number of imidazole rings is 1. The van der Waals surface area contributed by atoms with E-state index in [2.05, 4.69) is 22.3 Å². The molecule has 0 radical (unpaired) electrons. The van der Waals surface area contributed by atoms with Gasteiger partial charge in [-0.15, -0.1) is 11.3 Å². The predicted molar refractivity (Wildman–Crippen MR) is 90.2 cm³/mol. The van der Waals surface area contributed by atoms with Crippen molar-refractivity contribution in [1.82, 2.24) is 19.2 Å². The van der Waals surface area contributed by atoms with Crippen molar-refractivity contribution in [2.24, 2.45) is 5.92 Å². The number of hydrogen-bond donors (Lipinski definition) is 1. The highest BCUT2D eigenvalue weighted by Crippen LogP contribution is 2.40. The molecule has 0 spiro atoms. The Labute approximate surface area is 138 Å². The lowest BCUT2D eigenvalue weighted by Gasteiger charge is -2.16. The Hall–Kier alpha value is -2.15. The van der Waals surface area contributed by atoms with Crippen LogP contribution in [-0.4, -0.2) is 25.1 Å². The van der Waals surface area contributed by atoms with Gasteiger partial charge in [-0.3, -0.25) is 9.20 Å². The van der Waals surface area contributed by atoms with Gasteiger partial charge >= 0.3 is 0 Å². The van der Waals surface area contributed by atoms with Crippen molar-refractivity contribution in [3.05, 3.63) is 34.7 Å². The summed E-state index contributed by atoms with van der Waals surface area (Å²) in [5.41, 5.74) is 2.32. The van der Waals surface area contributed by atoms with Crippen LogP contribution in [0.1, 0.15) is 47.6 Å². The molecule has 1 atom stereocenters. The molecule has 7 heteroatoms. The van der Waals surface area contributed by atoms with E-state index in [9.17, 15) is 4.79 Å². The molecule has 1 N–H and O–H groups in total. The van der Waals surface area contributed by atoms with Crippen molar-refractivity contribution >= 4 is 28.0 Å². The summed E-state index contributed by atoms with van der Waals surface area (Å²) in [6.07, 6.45) is 6.18. The first-order valence-corrected chi connectivity index (χ1v) is 8.72. The summed E-state index contributed by atoms with van der Waals surface area (Å²) in [7, 11) is 0.